The van der Waals surface area contributed by atoms with Gasteiger partial charge in [-0.05, 0) is 42.9 Å². The van der Waals surface area contributed by atoms with Gasteiger partial charge in [-0.15, -0.1) is 0 Å². The van der Waals surface area contributed by atoms with E-state index in [2.05, 4.69) is 55.0 Å². The summed E-state index contributed by atoms with van der Waals surface area (Å²) in [4.78, 5) is 7.58. The van der Waals surface area contributed by atoms with Crippen molar-refractivity contribution in [2.45, 2.75) is 90.4 Å². The second-order valence-electron chi connectivity index (χ2n) is 7.89. The molecule has 0 aliphatic rings. The number of unbranched alkanes of at least 4 members (excludes halogenated alkanes) is 5. The molecule has 0 radical (unpaired) electrons. The number of hydrogen-bond acceptors (Lipinski definition) is 2. The van der Waals surface area contributed by atoms with Crippen molar-refractivity contribution >= 4 is 0 Å². The van der Waals surface area contributed by atoms with Crippen molar-refractivity contribution in [3.8, 4) is 5.75 Å². The van der Waals surface area contributed by atoms with Crippen molar-refractivity contribution in [2.24, 2.45) is 0 Å². The lowest BCUT2D eigenvalue weighted by molar-refractivity contribution is 0.304. The molecule has 3 heteroatoms. The van der Waals surface area contributed by atoms with Gasteiger partial charge in [-0.1, -0.05) is 71.4 Å². The average molecular weight is 371 g/mol. The predicted octanol–water partition coefficient (Wildman–Crippen LogP) is 7.23. The van der Waals surface area contributed by atoms with E-state index >= 15 is 0 Å². The number of aromatic amines is 1. The first-order valence-electron chi connectivity index (χ1n) is 10.9. The normalized spacial score (nSPS) is 13.4. The second-order valence-corrected chi connectivity index (χ2v) is 7.89. The maximum absolute atomic E-state index is 5.89. The maximum Gasteiger partial charge on any atom is 0.119 e. The number of nitrogens with one attached hydrogen (secondary N) is 1. The Kier molecular flexibility index (Phi) is 10.0. The van der Waals surface area contributed by atoms with Crippen LogP contribution in [0.25, 0.3) is 0 Å². The minimum absolute atomic E-state index is 0.505. The Hall–Kier alpha value is -1.77. The van der Waals surface area contributed by atoms with Crippen molar-refractivity contribution < 1.29 is 4.74 Å². The molecule has 2 rings (SSSR count). The number of benzene rings is 1. The van der Waals surface area contributed by atoms with Crippen LogP contribution < -0.4 is 4.74 Å². The van der Waals surface area contributed by atoms with E-state index in [1.165, 1.54) is 56.9 Å². The lowest BCUT2D eigenvalue weighted by Gasteiger charge is -2.14. The molecule has 1 aromatic heterocycles. The molecule has 1 N–H and O–H groups in total. The van der Waals surface area contributed by atoms with Gasteiger partial charge in [0.05, 0.1) is 6.61 Å². The van der Waals surface area contributed by atoms with E-state index in [-0.39, 0.29) is 0 Å². The smallest absolute Gasteiger partial charge is 0.119 e. The van der Waals surface area contributed by atoms with Gasteiger partial charge in [0.2, 0.25) is 0 Å². The molecule has 3 nitrogen and oxygen atoms in total. The molecule has 0 aliphatic heterocycles. The van der Waals surface area contributed by atoms with Crippen molar-refractivity contribution in [3.05, 3.63) is 48.0 Å². The van der Waals surface area contributed by atoms with E-state index in [1.807, 2.05) is 12.4 Å². The van der Waals surface area contributed by atoms with Crippen molar-refractivity contribution in [1.82, 2.24) is 9.97 Å². The van der Waals surface area contributed by atoms with Crippen LogP contribution in [-0.4, -0.2) is 16.6 Å². The number of H-pyrrole nitrogens is 1. The van der Waals surface area contributed by atoms with E-state index in [1.54, 1.807) is 0 Å². The SMILES string of the molecule is CCCCCCCCOc1ccc(C(C)CCCC(C)c2ncc[nH]2)cc1. The minimum Gasteiger partial charge on any atom is -0.494 e. The summed E-state index contributed by atoms with van der Waals surface area (Å²) < 4.78 is 5.89. The highest BCUT2D eigenvalue weighted by Crippen LogP contribution is 2.26. The van der Waals surface area contributed by atoms with E-state index < -0.39 is 0 Å². The fourth-order valence-electron chi connectivity index (χ4n) is 3.55. The molecule has 2 unspecified atom stereocenters. The fourth-order valence-corrected chi connectivity index (χ4v) is 3.55. The Morgan fingerprint density at radius 1 is 0.889 bits per heavy atom. The van der Waals surface area contributed by atoms with Crippen LogP contribution in [0.15, 0.2) is 36.7 Å². The largest absolute Gasteiger partial charge is 0.494 e. The maximum atomic E-state index is 5.89. The molecule has 1 aromatic carbocycles. The van der Waals surface area contributed by atoms with E-state index in [4.69, 9.17) is 4.74 Å². The van der Waals surface area contributed by atoms with Gasteiger partial charge < -0.3 is 9.72 Å². The number of hydrogen-bond donors (Lipinski definition) is 1. The first-order chi connectivity index (χ1) is 13.2. The molecule has 0 spiro atoms. The van der Waals surface area contributed by atoms with E-state index in [0.29, 0.717) is 11.8 Å². The zero-order chi connectivity index (χ0) is 19.3. The molecule has 1 heterocycles. The first kappa shape index (κ1) is 21.5. The highest BCUT2D eigenvalue weighted by molar-refractivity contribution is 5.29. The Morgan fingerprint density at radius 2 is 1.59 bits per heavy atom. The standard InChI is InChI=1S/C24H38N2O/c1-4-5-6-7-8-9-19-27-23-15-13-22(14-16-23)20(2)11-10-12-21(3)24-25-17-18-26-24/h13-18,20-21H,4-12,19H2,1-3H3,(H,25,26). The Labute approximate surface area is 166 Å². The molecular weight excluding hydrogens is 332 g/mol. The van der Waals surface area contributed by atoms with Crippen molar-refractivity contribution in [3.63, 3.8) is 0 Å². The average Bonchev–Trinajstić information content (AvgIpc) is 3.22. The summed E-state index contributed by atoms with van der Waals surface area (Å²) in [6.07, 6.45) is 15.2. The van der Waals surface area contributed by atoms with Gasteiger partial charge in [0.1, 0.15) is 11.6 Å². The molecule has 0 saturated heterocycles. The summed E-state index contributed by atoms with van der Waals surface area (Å²) in [5, 5.41) is 0. The molecular formula is C24H38N2O. The van der Waals surface area contributed by atoms with Crippen LogP contribution in [0.2, 0.25) is 0 Å². The van der Waals surface area contributed by atoms with Gasteiger partial charge in [0.15, 0.2) is 0 Å². The molecule has 0 amide bonds. The zero-order valence-corrected chi connectivity index (χ0v) is 17.5. The first-order valence-corrected chi connectivity index (χ1v) is 10.9. The van der Waals surface area contributed by atoms with Gasteiger partial charge >= 0.3 is 0 Å². The summed E-state index contributed by atoms with van der Waals surface area (Å²) in [5.74, 6) is 3.20. The minimum atomic E-state index is 0.505. The van der Waals surface area contributed by atoms with E-state index in [0.717, 1.165) is 24.6 Å². The van der Waals surface area contributed by atoms with Crippen LogP contribution >= 0.6 is 0 Å². The summed E-state index contributed by atoms with van der Waals surface area (Å²) in [6.45, 7) is 7.67. The van der Waals surface area contributed by atoms with Gasteiger partial charge in [-0.2, -0.15) is 0 Å². The molecule has 27 heavy (non-hydrogen) atoms. The zero-order valence-electron chi connectivity index (χ0n) is 17.5. The molecule has 0 saturated carbocycles. The topological polar surface area (TPSA) is 37.9 Å². The second kappa shape index (κ2) is 12.6. The highest BCUT2D eigenvalue weighted by atomic mass is 16.5. The van der Waals surface area contributed by atoms with Crippen LogP contribution in [0.1, 0.15) is 102 Å². The molecule has 2 atom stereocenters. The third-order valence-corrected chi connectivity index (χ3v) is 5.48. The van der Waals surface area contributed by atoms with E-state index in [9.17, 15) is 0 Å². The summed E-state index contributed by atoms with van der Waals surface area (Å²) in [7, 11) is 0. The molecule has 0 aliphatic carbocycles. The van der Waals surface area contributed by atoms with Crippen LogP contribution in [-0.2, 0) is 0 Å². The third-order valence-electron chi connectivity index (χ3n) is 5.48. The fraction of sp³-hybridized carbons (Fsp3) is 0.625. The lowest BCUT2D eigenvalue weighted by Crippen LogP contribution is -2.00. The van der Waals surface area contributed by atoms with Gasteiger partial charge in [-0.25, -0.2) is 4.98 Å². The van der Waals surface area contributed by atoms with Crippen molar-refractivity contribution in [1.29, 1.82) is 0 Å². The number of imidazole rings is 1. The Morgan fingerprint density at radius 3 is 2.30 bits per heavy atom. The predicted molar refractivity (Wildman–Crippen MR) is 115 cm³/mol. The Balaban J connectivity index is 1.62. The third kappa shape index (κ3) is 8.19. The van der Waals surface area contributed by atoms with Gasteiger partial charge in [-0.3, -0.25) is 0 Å². The Bertz CT molecular complexity index is 591. The molecule has 0 fully saturated rings. The van der Waals surface area contributed by atoms with Gasteiger partial charge in [0, 0.05) is 18.3 Å². The number of rotatable bonds is 14. The quantitative estimate of drug-likeness (QED) is 0.356. The summed E-state index contributed by atoms with van der Waals surface area (Å²) in [6, 6.07) is 8.73. The van der Waals surface area contributed by atoms with Crippen LogP contribution in [0, 0.1) is 0 Å². The number of nitrogens with zero attached hydrogens (tertiary/aromatic N) is 1. The van der Waals surface area contributed by atoms with Crippen LogP contribution in [0.3, 0.4) is 0 Å². The van der Waals surface area contributed by atoms with Crippen molar-refractivity contribution in [2.75, 3.05) is 6.61 Å². The molecule has 2 aromatic rings. The summed E-state index contributed by atoms with van der Waals surface area (Å²) in [5.41, 5.74) is 1.41. The lowest BCUT2D eigenvalue weighted by atomic mass is 9.93. The van der Waals surface area contributed by atoms with Crippen LogP contribution in [0.5, 0.6) is 5.75 Å². The monoisotopic (exact) mass is 370 g/mol. The molecule has 0 bridgehead atoms. The number of ether oxygens (including phenoxy) is 1. The summed E-state index contributed by atoms with van der Waals surface area (Å²) >= 11 is 0. The van der Waals surface area contributed by atoms with Gasteiger partial charge in [0.25, 0.3) is 0 Å². The highest BCUT2D eigenvalue weighted by Gasteiger charge is 2.10. The van der Waals surface area contributed by atoms with Crippen LogP contribution in [0.4, 0.5) is 0 Å². The molecule has 150 valence electrons. The number of aromatic nitrogens is 2.